The first-order valence-corrected chi connectivity index (χ1v) is 5.12. The zero-order chi connectivity index (χ0) is 11.5. The minimum absolute atomic E-state index is 0.470. The van der Waals surface area contributed by atoms with Crippen LogP contribution in [0, 0.1) is 0 Å². The maximum absolute atomic E-state index is 4.66. The largest absolute Gasteiger partial charge is 0.362 e. The second-order valence-corrected chi connectivity index (χ2v) is 3.44. The molecule has 0 fully saturated rings. The summed E-state index contributed by atoms with van der Waals surface area (Å²) >= 11 is 0. The van der Waals surface area contributed by atoms with Crippen LogP contribution >= 0.6 is 0 Å². The van der Waals surface area contributed by atoms with Gasteiger partial charge in [-0.1, -0.05) is 17.3 Å². The van der Waals surface area contributed by atoms with E-state index >= 15 is 0 Å². The van der Waals surface area contributed by atoms with Gasteiger partial charge < -0.3 is 9.84 Å². The monoisotopic (exact) mass is 227 g/mol. The predicted octanol–water partition coefficient (Wildman–Crippen LogP) is 1.62. The third-order valence-electron chi connectivity index (χ3n) is 2.36. The van der Waals surface area contributed by atoms with Crippen molar-refractivity contribution in [2.45, 2.75) is 6.54 Å². The smallest absolute Gasteiger partial charge is 0.213 e. The van der Waals surface area contributed by atoms with Crippen molar-refractivity contribution in [1.29, 1.82) is 0 Å². The van der Waals surface area contributed by atoms with E-state index in [2.05, 4.69) is 29.9 Å². The van der Waals surface area contributed by atoms with Gasteiger partial charge in [-0.2, -0.15) is 4.98 Å². The van der Waals surface area contributed by atoms with Gasteiger partial charge in [0.05, 0.1) is 12.1 Å². The molecule has 3 aromatic rings. The van der Waals surface area contributed by atoms with Gasteiger partial charge in [0.15, 0.2) is 5.82 Å². The van der Waals surface area contributed by atoms with E-state index in [0.29, 0.717) is 12.4 Å². The lowest BCUT2D eigenvalue weighted by Gasteiger charge is -2.05. The third kappa shape index (κ3) is 1.92. The maximum Gasteiger partial charge on any atom is 0.213 e. The first kappa shape index (κ1) is 9.71. The standard InChI is InChI=1S/C11H9N5O/c1-2-4-9-8(3-1)11(14-6-13-9)12-5-10-15-7-17-16-10/h1-4,6-7H,5H2,(H,12,13,14). The van der Waals surface area contributed by atoms with Crippen LogP contribution in [-0.4, -0.2) is 20.1 Å². The fourth-order valence-electron chi connectivity index (χ4n) is 1.58. The van der Waals surface area contributed by atoms with E-state index in [1.54, 1.807) is 0 Å². The van der Waals surface area contributed by atoms with Gasteiger partial charge in [0.2, 0.25) is 6.39 Å². The molecule has 0 saturated carbocycles. The highest BCUT2D eigenvalue weighted by Gasteiger charge is 2.03. The average molecular weight is 227 g/mol. The Labute approximate surface area is 96.7 Å². The number of aromatic nitrogens is 4. The van der Waals surface area contributed by atoms with E-state index in [9.17, 15) is 0 Å². The molecule has 0 aliphatic carbocycles. The zero-order valence-electron chi connectivity index (χ0n) is 8.87. The number of fused-ring (bicyclic) bond motifs is 1. The third-order valence-corrected chi connectivity index (χ3v) is 2.36. The van der Waals surface area contributed by atoms with Crippen molar-refractivity contribution < 1.29 is 4.52 Å². The minimum atomic E-state index is 0.470. The number of para-hydroxylation sites is 1. The molecule has 0 saturated heterocycles. The number of hydrogen-bond acceptors (Lipinski definition) is 6. The van der Waals surface area contributed by atoms with Gasteiger partial charge in [0, 0.05) is 5.39 Å². The highest BCUT2D eigenvalue weighted by atomic mass is 16.5. The lowest BCUT2D eigenvalue weighted by Crippen LogP contribution is -2.03. The predicted molar refractivity (Wildman–Crippen MR) is 61.2 cm³/mol. The molecule has 0 spiro atoms. The minimum Gasteiger partial charge on any atom is -0.362 e. The van der Waals surface area contributed by atoms with Crippen LogP contribution in [0.3, 0.4) is 0 Å². The Hall–Kier alpha value is -2.50. The van der Waals surface area contributed by atoms with Crippen molar-refractivity contribution in [3.8, 4) is 0 Å². The van der Waals surface area contributed by atoms with Gasteiger partial charge >= 0.3 is 0 Å². The van der Waals surface area contributed by atoms with Crippen LogP contribution < -0.4 is 5.32 Å². The van der Waals surface area contributed by atoms with Crippen molar-refractivity contribution in [3.05, 3.63) is 42.8 Å². The van der Waals surface area contributed by atoms with Crippen molar-refractivity contribution in [3.63, 3.8) is 0 Å². The summed E-state index contributed by atoms with van der Waals surface area (Å²) in [6.45, 7) is 0.470. The fourth-order valence-corrected chi connectivity index (χ4v) is 1.58. The number of benzene rings is 1. The first-order chi connectivity index (χ1) is 8.43. The van der Waals surface area contributed by atoms with Crippen molar-refractivity contribution in [1.82, 2.24) is 20.1 Å². The molecule has 3 rings (SSSR count). The summed E-state index contributed by atoms with van der Waals surface area (Å²) in [6.07, 6.45) is 2.83. The van der Waals surface area contributed by atoms with E-state index < -0.39 is 0 Å². The molecule has 0 aliphatic rings. The van der Waals surface area contributed by atoms with Gasteiger partial charge in [0.1, 0.15) is 12.1 Å². The summed E-state index contributed by atoms with van der Waals surface area (Å²) in [5, 5.41) is 7.84. The summed E-state index contributed by atoms with van der Waals surface area (Å²) in [6, 6.07) is 7.80. The molecular formula is C11H9N5O. The number of hydrogen-bond donors (Lipinski definition) is 1. The van der Waals surface area contributed by atoms with E-state index in [4.69, 9.17) is 0 Å². The van der Waals surface area contributed by atoms with Crippen LogP contribution in [0.5, 0.6) is 0 Å². The van der Waals surface area contributed by atoms with Gasteiger partial charge in [0.25, 0.3) is 0 Å². The van der Waals surface area contributed by atoms with Crippen LogP contribution in [0.4, 0.5) is 5.82 Å². The van der Waals surface area contributed by atoms with Crippen molar-refractivity contribution >= 4 is 16.7 Å². The highest BCUT2D eigenvalue weighted by molar-refractivity contribution is 5.88. The van der Waals surface area contributed by atoms with Gasteiger partial charge in [-0.05, 0) is 12.1 Å². The molecule has 2 aromatic heterocycles. The topological polar surface area (TPSA) is 76.7 Å². The van der Waals surface area contributed by atoms with Gasteiger partial charge in [-0.3, -0.25) is 0 Å². The molecule has 0 amide bonds. The molecule has 0 atom stereocenters. The van der Waals surface area contributed by atoms with Crippen molar-refractivity contribution in [2.24, 2.45) is 0 Å². The molecule has 1 N–H and O–H groups in total. The molecule has 1 aromatic carbocycles. The molecule has 0 unspecified atom stereocenters. The number of nitrogens with zero attached hydrogens (tertiary/aromatic N) is 4. The Morgan fingerprint density at radius 3 is 2.94 bits per heavy atom. The van der Waals surface area contributed by atoms with Crippen molar-refractivity contribution in [2.75, 3.05) is 5.32 Å². The van der Waals surface area contributed by atoms with Crippen LogP contribution in [-0.2, 0) is 6.54 Å². The van der Waals surface area contributed by atoms with Crippen LogP contribution in [0.25, 0.3) is 10.9 Å². The lowest BCUT2D eigenvalue weighted by atomic mass is 10.2. The normalized spacial score (nSPS) is 10.6. The molecular weight excluding hydrogens is 218 g/mol. The summed E-state index contributed by atoms with van der Waals surface area (Å²) in [5.41, 5.74) is 0.901. The maximum atomic E-state index is 4.66. The Bertz CT molecular complexity index is 617. The highest BCUT2D eigenvalue weighted by Crippen LogP contribution is 2.18. The number of rotatable bonds is 3. The molecule has 2 heterocycles. The molecule has 6 nitrogen and oxygen atoms in total. The van der Waals surface area contributed by atoms with E-state index in [0.717, 1.165) is 16.7 Å². The van der Waals surface area contributed by atoms with Crippen LogP contribution in [0.2, 0.25) is 0 Å². The van der Waals surface area contributed by atoms with Crippen LogP contribution in [0.15, 0.2) is 41.5 Å². The summed E-state index contributed by atoms with van der Waals surface area (Å²) in [4.78, 5) is 12.3. The Balaban J connectivity index is 1.90. The first-order valence-electron chi connectivity index (χ1n) is 5.12. The van der Waals surface area contributed by atoms with E-state index in [1.165, 1.54) is 12.7 Å². The molecule has 84 valence electrons. The molecule has 0 aliphatic heterocycles. The lowest BCUT2D eigenvalue weighted by molar-refractivity contribution is 0.411. The molecule has 0 bridgehead atoms. The summed E-state index contributed by atoms with van der Waals surface area (Å²) in [5.74, 6) is 1.35. The molecule has 17 heavy (non-hydrogen) atoms. The van der Waals surface area contributed by atoms with Gasteiger partial charge in [-0.15, -0.1) is 0 Å². The average Bonchev–Trinajstić information content (AvgIpc) is 2.89. The number of anilines is 1. The SMILES string of the molecule is c1ccc2c(NCc3ncon3)ncnc2c1. The quantitative estimate of drug-likeness (QED) is 0.732. The Morgan fingerprint density at radius 2 is 2.06 bits per heavy atom. The molecule has 6 heteroatoms. The van der Waals surface area contributed by atoms with Crippen LogP contribution in [0.1, 0.15) is 5.82 Å². The van der Waals surface area contributed by atoms with E-state index in [-0.39, 0.29) is 0 Å². The second kappa shape index (κ2) is 4.17. The number of nitrogens with one attached hydrogen (secondary N) is 1. The zero-order valence-corrected chi connectivity index (χ0v) is 8.87. The fraction of sp³-hybridized carbons (Fsp3) is 0.0909. The summed E-state index contributed by atoms with van der Waals surface area (Å²) in [7, 11) is 0. The molecule has 0 radical (unpaired) electrons. The van der Waals surface area contributed by atoms with E-state index in [1.807, 2.05) is 24.3 Å². The Morgan fingerprint density at radius 1 is 1.12 bits per heavy atom. The van der Waals surface area contributed by atoms with Gasteiger partial charge in [-0.25, -0.2) is 9.97 Å². The summed E-state index contributed by atoms with van der Waals surface area (Å²) < 4.78 is 4.66. The Kier molecular flexibility index (Phi) is 2.38. The second-order valence-electron chi connectivity index (χ2n) is 3.44.